The molecule has 1 aromatic carbocycles. The van der Waals surface area contributed by atoms with E-state index in [0.717, 1.165) is 5.69 Å². The van der Waals surface area contributed by atoms with Gasteiger partial charge in [-0.05, 0) is 57.0 Å². The second kappa shape index (κ2) is 6.64. The van der Waals surface area contributed by atoms with Gasteiger partial charge in [0.05, 0.1) is 5.69 Å². The molecule has 5 heteroatoms. The fraction of sp³-hybridized carbons (Fsp3) is 0.333. The van der Waals surface area contributed by atoms with Crippen LogP contribution in [0.1, 0.15) is 46.8 Å². The smallest absolute Gasteiger partial charge is 0.138 e. The molecule has 0 radical (unpaired) electrons. The van der Waals surface area contributed by atoms with E-state index in [1.807, 2.05) is 11.3 Å². The van der Waals surface area contributed by atoms with Gasteiger partial charge in [-0.1, -0.05) is 12.1 Å². The number of rotatable bonds is 5. The number of aryl methyl sites for hydroxylation is 2. The summed E-state index contributed by atoms with van der Waals surface area (Å²) in [5.74, 6) is 0. The Bertz CT molecular complexity index is 759. The van der Waals surface area contributed by atoms with Gasteiger partial charge in [0.25, 0.3) is 0 Å². The molecule has 2 unspecified atom stereocenters. The molecule has 4 nitrogen and oxygen atoms in total. The standard InChI is InChI=1S/C18H22N4S/c1-12-9-18(15(4)23-12)14(3)21-13(2)16-5-7-17(8-6-16)22-11-19-10-20-22/h5-11,13-14,21H,1-4H3. The molecule has 2 aromatic heterocycles. The number of hydrogen-bond donors (Lipinski definition) is 1. The Balaban J connectivity index is 1.70. The van der Waals surface area contributed by atoms with E-state index >= 15 is 0 Å². The van der Waals surface area contributed by atoms with Gasteiger partial charge in [0, 0.05) is 21.8 Å². The highest BCUT2D eigenvalue weighted by Gasteiger charge is 2.14. The SMILES string of the molecule is Cc1cc(C(C)NC(C)c2ccc(-n3cncn3)cc2)c(C)s1. The first-order valence-corrected chi connectivity index (χ1v) is 8.64. The van der Waals surface area contributed by atoms with Gasteiger partial charge >= 0.3 is 0 Å². The van der Waals surface area contributed by atoms with Gasteiger partial charge in [0.15, 0.2) is 0 Å². The van der Waals surface area contributed by atoms with E-state index in [9.17, 15) is 0 Å². The first kappa shape index (κ1) is 15.9. The Morgan fingerprint density at radius 3 is 2.39 bits per heavy atom. The molecular formula is C18H22N4S. The van der Waals surface area contributed by atoms with Crippen LogP contribution < -0.4 is 5.32 Å². The first-order chi connectivity index (χ1) is 11.0. The molecule has 0 saturated heterocycles. The summed E-state index contributed by atoms with van der Waals surface area (Å²) in [5.41, 5.74) is 3.69. The van der Waals surface area contributed by atoms with E-state index in [4.69, 9.17) is 0 Å². The quantitative estimate of drug-likeness (QED) is 0.757. The van der Waals surface area contributed by atoms with Crippen LogP contribution in [-0.2, 0) is 0 Å². The second-order valence-corrected chi connectivity index (χ2v) is 7.37. The molecular weight excluding hydrogens is 304 g/mol. The number of nitrogens with zero attached hydrogens (tertiary/aromatic N) is 3. The molecule has 2 atom stereocenters. The normalized spacial score (nSPS) is 13.9. The van der Waals surface area contributed by atoms with Crippen LogP contribution in [0.2, 0.25) is 0 Å². The molecule has 0 bridgehead atoms. The molecule has 2 heterocycles. The lowest BCUT2D eigenvalue weighted by atomic mass is 10.0. The summed E-state index contributed by atoms with van der Waals surface area (Å²) in [7, 11) is 0. The van der Waals surface area contributed by atoms with Gasteiger partial charge in [-0.3, -0.25) is 0 Å². The summed E-state index contributed by atoms with van der Waals surface area (Å²) in [5, 5.41) is 7.84. The molecule has 0 spiro atoms. The van der Waals surface area contributed by atoms with Crippen LogP contribution in [-0.4, -0.2) is 14.8 Å². The summed E-state index contributed by atoms with van der Waals surface area (Å²) >= 11 is 1.87. The molecule has 0 aliphatic rings. The van der Waals surface area contributed by atoms with Crippen molar-refractivity contribution in [2.45, 2.75) is 39.8 Å². The van der Waals surface area contributed by atoms with Gasteiger partial charge in [-0.25, -0.2) is 9.67 Å². The Morgan fingerprint density at radius 2 is 1.83 bits per heavy atom. The van der Waals surface area contributed by atoms with Gasteiger partial charge in [0.2, 0.25) is 0 Å². The van der Waals surface area contributed by atoms with E-state index in [1.165, 1.54) is 20.9 Å². The second-order valence-electron chi connectivity index (χ2n) is 5.91. The van der Waals surface area contributed by atoms with E-state index in [1.54, 1.807) is 17.3 Å². The van der Waals surface area contributed by atoms with Crippen LogP contribution in [0.4, 0.5) is 0 Å². The minimum absolute atomic E-state index is 0.286. The predicted molar refractivity (Wildman–Crippen MR) is 95.1 cm³/mol. The number of benzene rings is 1. The third kappa shape index (κ3) is 3.51. The average molecular weight is 326 g/mol. The molecule has 0 saturated carbocycles. The third-order valence-electron chi connectivity index (χ3n) is 4.12. The zero-order valence-corrected chi connectivity index (χ0v) is 14.8. The molecule has 0 aliphatic carbocycles. The topological polar surface area (TPSA) is 42.7 Å². The summed E-state index contributed by atoms with van der Waals surface area (Å²) in [6, 6.07) is 11.4. The molecule has 23 heavy (non-hydrogen) atoms. The fourth-order valence-corrected chi connectivity index (χ4v) is 3.92. The molecule has 0 aliphatic heterocycles. The lowest BCUT2D eigenvalue weighted by Crippen LogP contribution is -2.22. The molecule has 0 fully saturated rings. The fourth-order valence-electron chi connectivity index (χ4n) is 2.90. The van der Waals surface area contributed by atoms with Gasteiger partial charge in [-0.15, -0.1) is 11.3 Å². The van der Waals surface area contributed by atoms with Crippen molar-refractivity contribution in [3.8, 4) is 5.69 Å². The van der Waals surface area contributed by atoms with Crippen LogP contribution >= 0.6 is 11.3 Å². The molecule has 3 aromatic rings. The van der Waals surface area contributed by atoms with Crippen molar-refractivity contribution < 1.29 is 0 Å². The maximum Gasteiger partial charge on any atom is 0.138 e. The summed E-state index contributed by atoms with van der Waals surface area (Å²) in [6.07, 6.45) is 3.26. The van der Waals surface area contributed by atoms with E-state index in [2.05, 4.69) is 73.4 Å². The first-order valence-electron chi connectivity index (χ1n) is 7.82. The van der Waals surface area contributed by atoms with Crippen molar-refractivity contribution in [2.75, 3.05) is 0 Å². The van der Waals surface area contributed by atoms with Gasteiger partial charge < -0.3 is 5.32 Å². The lowest BCUT2D eigenvalue weighted by molar-refractivity contribution is 0.494. The lowest BCUT2D eigenvalue weighted by Gasteiger charge is -2.21. The van der Waals surface area contributed by atoms with Crippen molar-refractivity contribution in [3.05, 3.63) is 63.9 Å². The zero-order chi connectivity index (χ0) is 16.4. The Kier molecular flexibility index (Phi) is 4.59. The van der Waals surface area contributed by atoms with E-state index in [-0.39, 0.29) is 6.04 Å². The van der Waals surface area contributed by atoms with Crippen LogP contribution in [0.15, 0.2) is 43.0 Å². The maximum atomic E-state index is 4.15. The summed E-state index contributed by atoms with van der Waals surface area (Å²) in [4.78, 5) is 6.75. The summed E-state index contributed by atoms with van der Waals surface area (Å²) in [6.45, 7) is 8.80. The largest absolute Gasteiger partial charge is 0.304 e. The zero-order valence-electron chi connectivity index (χ0n) is 13.9. The van der Waals surface area contributed by atoms with E-state index in [0.29, 0.717) is 6.04 Å². The predicted octanol–water partition coefficient (Wildman–Crippen LogP) is 4.36. The third-order valence-corrected chi connectivity index (χ3v) is 5.10. The van der Waals surface area contributed by atoms with Crippen molar-refractivity contribution in [3.63, 3.8) is 0 Å². The highest BCUT2D eigenvalue weighted by atomic mass is 32.1. The van der Waals surface area contributed by atoms with Crippen molar-refractivity contribution >= 4 is 11.3 Å². The average Bonchev–Trinajstić information content (AvgIpc) is 3.17. The minimum atomic E-state index is 0.286. The molecule has 0 amide bonds. The van der Waals surface area contributed by atoms with Crippen LogP contribution in [0.5, 0.6) is 0 Å². The van der Waals surface area contributed by atoms with Crippen LogP contribution in [0.3, 0.4) is 0 Å². The molecule has 3 rings (SSSR count). The van der Waals surface area contributed by atoms with Gasteiger partial charge in [-0.2, -0.15) is 5.10 Å². The Labute approximate surface area is 141 Å². The van der Waals surface area contributed by atoms with Crippen molar-refractivity contribution in [1.82, 2.24) is 20.1 Å². The number of nitrogens with one attached hydrogen (secondary N) is 1. The minimum Gasteiger partial charge on any atom is -0.304 e. The number of thiophene rings is 1. The number of aromatic nitrogens is 3. The maximum absolute atomic E-state index is 4.15. The Morgan fingerprint density at radius 1 is 1.09 bits per heavy atom. The van der Waals surface area contributed by atoms with Crippen molar-refractivity contribution in [1.29, 1.82) is 0 Å². The summed E-state index contributed by atoms with van der Waals surface area (Å²) < 4.78 is 1.77. The van der Waals surface area contributed by atoms with Crippen LogP contribution in [0.25, 0.3) is 5.69 Å². The highest BCUT2D eigenvalue weighted by Crippen LogP contribution is 2.28. The Hall–Kier alpha value is -1.98. The molecule has 120 valence electrons. The highest BCUT2D eigenvalue weighted by molar-refractivity contribution is 7.12. The number of hydrogen-bond acceptors (Lipinski definition) is 4. The van der Waals surface area contributed by atoms with Gasteiger partial charge in [0.1, 0.15) is 12.7 Å². The van der Waals surface area contributed by atoms with E-state index < -0.39 is 0 Å². The van der Waals surface area contributed by atoms with Crippen LogP contribution in [0, 0.1) is 13.8 Å². The monoisotopic (exact) mass is 326 g/mol. The van der Waals surface area contributed by atoms with Crippen molar-refractivity contribution in [2.24, 2.45) is 0 Å². The molecule has 1 N–H and O–H groups in total.